The Balaban J connectivity index is 1.86. The molecule has 0 aliphatic carbocycles. The number of methoxy groups -OCH3 is 1. The van der Waals surface area contributed by atoms with Crippen molar-refractivity contribution >= 4 is 0 Å². The van der Waals surface area contributed by atoms with Crippen molar-refractivity contribution in [2.24, 2.45) is 0 Å². The second-order valence-corrected chi connectivity index (χ2v) is 4.23. The van der Waals surface area contributed by atoms with E-state index in [0.717, 1.165) is 0 Å². The van der Waals surface area contributed by atoms with Crippen LogP contribution in [-0.4, -0.2) is 20.3 Å². The number of benzene rings is 2. The van der Waals surface area contributed by atoms with Crippen LogP contribution in [0.3, 0.4) is 0 Å². The van der Waals surface area contributed by atoms with Gasteiger partial charge in [0.15, 0.2) is 23.1 Å². The number of halogens is 1. The fraction of sp³-hybridized carbons (Fsp3) is 0.250. The Labute approximate surface area is 117 Å². The molecule has 0 saturated heterocycles. The van der Waals surface area contributed by atoms with Gasteiger partial charge in [0.05, 0.1) is 7.11 Å². The Morgan fingerprint density at radius 1 is 0.850 bits per heavy atom. The molecular formula is C16H17FO3. The van der Waals surface area contributed by atoms with Crippen molar-refractivity contribution in [3.05, 3.63) is 53.8 Å². The highest BCUT2D eigenvalue weighted by atomic mass is 19.1. The van der Waals surface area contributed by atoms with Gasteiger partial charge >= 0.3 is 0 Å². The largest absolute Gasteiger partial charge is 0.493 e. The highest BCUT2D eigenvalue weighted by Crippen LogP contribution is 2.25. The van der Waals surface area contributed by atoms with E-state index in [1.165, 1.54) is 0 Å². The van der Waals surface area contributed by atoms with Gasteiger partial charge in [0.2, 0.25) is 0 Å². The first-order valence-electron chi connectivity index (χ1n) is 6.36. The lowest BCUT2D eigenvalue weighted by atomic mass is 10.2. The van der Waals surface area contributed by atoms with Gasteiger partial charge in [-0.05, 0) is 30.7 Å². The summed E-state index contributed by atoms with van der Waals surface area (Å²) in [6, 6.07) is 12.4. The molecule has 0 fully saturated rings. The Bertz CT molecular complexity index is 569. The van der Waals surface area contributed by atoms with Crippen LogP contribution in [0.2, 0.25) is 0 Å². The molecule has 2 aromatic rings. The number of para-hydroxylation sites is 2. The van der Waals surface area contributed by atoms with E-state index in [1.54, 1.807) is 32.2 Å². The zero-order valence-corrected chi connectivity index (χ0v) is 11.6. The average molecular weight is 276 g/mol. The first-order chi connectivity index (χ1) is 9.72. The van der Waals surface area contributed by atoms with Crippen LogP contribution in [0.25, 0.3) is 0 Å². The van der Waals surface area contributed by atoms with Gasteiger partial charge in [-0.1, -0.05) is 24.3 Å². The highest BCUT2D eigenvalue weighted by molar-refractivity contribution is 5.39. The molecule has 20 heavy (non-hydrogen) atoms. The van der Waals surface area contributed by atoms with Crippen molar-refractivity contribution in [3.63, 3.8) is 0 Å². The molecule has 0 spiro atoms. The molecule has 0 amide bonds. The summed E-state index contributed by atoms with van der Waals surface area (Å²) in [5.41, 5.74) is 0.563. The van der Waals surface area contributed by atoms with E-state index in [-0.39, 0.29) is 18.2 Å². The summed E-state index contributed by atoms with van der Waals surface area (Å²) in [4.78, 5) is 0. The van der Waals surface area contributed by atoms with Crippen LogP contribution in [0.1, 0.15) is 5.56 Å². The van der Waals surface area contributed by atoms with E-state index in [4.69, 9.17) is 14.2 Å². The lowest BCUT2D eigenvalue weighted by Gasteiger charge is -2.11. The van der Waals surface area contributed by atoms with E-state index < -0.39 is 0 Å². The minimum absolute atomic E-state index is 0.244. The third-order valence-corrected chi connectivity index (χ3v) is 2.82. The van der Waals surface area contributed by atoms with Gasteiger partial charge in [-0.2, -0.15) is 0 Å². The van der Waals surface area contributed by atoms with Gasteiger partial charge < -0.3 is 14.2 Å². The molecule has 0 bridgehead atoms. The molecule has 2 rings (SSSR count). The fourth-order valence-electron chi connectivity index (χ4n) is 1.77. The summed E-state index contributed by atoms with van der Waals surface area (Å²) in [5.74, 6) is 1.22. The second kappa shape index (κ2) is 6.80. The summed E-state index contributed by atoms with van der Waals surface area (Å²) in [6.45, 7) is 2.28. The van der Waals surface area contributed by atoms with Crippen LogP contribution in [0.15, 0.2) is 42.5 Å². The third-order valence-electron chi connectivity index (χ3n) is 2.82. The average Bonchev–Trinajstić information content (AvgIpc) is 2.48. The summed E-state index contributed by atoms with van der Waals surface area (Å²) in [5, 5.41) is 0. The fourth-order valence-corrected chi connectivity index (χ4v) is 1.77. The highest BCUT2D eigenvalue weighted by Gasteiger charge is 2.06. The summed E-state index contributed by atoms with van der Waals surface area (Å²) in [7, 11) is 1.58. The van der Waals surface area contributed by atoms with Crippen LogP contribution in [0.5, 0.6) is 17.2 Å². The van der Waals surface area contributed by atoms with Crippen LogP contribution >= 0.6 is 0 Å². The Morgan fingerprint density at radius 2 is 1.45 bits per heavy atom. The van der Waals surface area contributed by atoms with Crippen molar-refractivity contribution in [2.75, 3.05) is 20.3 Å². The van der Waals surface area contributed by atoms with E-state index >= 15 is 0 Å². The number of ether oxygens (including phenoxy) is 3. The number of aryl methyl sites for hydroxylation is 1. The number of hydrogen-bond acceptors (Lipinski definition) is 3. The number of hydrogen-bond donors (Lipinski definition) is 0. The monoisotopic (exact) mass is 276 g/mol. The SMILES string of the molecule is COc1ccccc1OCCOc1cccc(C)c1F. The van der Waals surface area contributed by atoms with Crippen molar-refractivity contribution < 1.29 is 18.6 Å². The maximum absolute atomic E-state index is 13.7. The lowest BCUT2D eigenvalue weighted by molar-refractivity contribution is 0.206. The molecular weight excluding hydrogens is 259 g/mol. The quantitative estimate of drug-likeness (QED) is 0.754. The van der Waals surface area contributed by atoms with Crippen LogP contribution in [0.4, 0.5) is 4.39 Å². The molecule has 0 atom stereocenters. The maximum Gasteiger partial charge on any atom is 0.167 e. The first-order valence-corrected chi connectivity index (χ1v) is 6.36. The summed E-state index contributed by atoms with van der Waals surface area (Å²) < 4.78 is 29.8. The summed E-state index contributed by atoms with van der Waals surface area (Å²) in [6.07, 6.45) is 0. The molecule has 0 heterocycles. The van der Waals surface area contributed by atoms with Crippen molar-refractivity contribution in [2.45, 2.75) is 6.92 Å². The second-order valence-electron chi connectivity index (χ2n) is 4.23. The number of rotatable bonds is 6. The molecule has 106 valence electrons. The molecule has 0 N–H and O–H groups in total. The molecule has 0 unspecified atom stereocenters. The Morgan fingerprint density at radius 3 is 2.15 bits per heavy atom. The van der Waals surface area contributed by atoms with Gasteiger partial charge in [0.25, 0.3) is 0 Å². The van der Waals surface area contributed by atoms with Crippen molar-refractivity contribution in [1.29, 1.82) is 0 Å². The zero-order chi connectivity index (χ0) is 14.4. The molecule has 0 saturated carbocycles. The molecule has 0 aliphatic rings. The molecule has 2 aromatic carbocycles. The van der Waals surface area contributed by atoms with Gasteiger partial charge in [-0.25, -0.2) is 4.39 Å². The van der Waals surface area contributed by atoms with E-state index in [9.17, 15) is 4.39 Å². The molecule has 0 aromatic heterocycles. The van der Waals surface area contributed by atoms with Crippen LogP contribution in [-0.2, 0) is 0 Å². The van der Waals surface area contributed by atoms with E-state index in [1.807, 2.05) is 24.3 Å². The lowest BCUT2D eigenvalue weighted by Crippen LogP contribution is -2.10. The van der Waals surface area contributed by atoms with Gasteiger partial charge in [-0.3, -0.25) is 0 Å². The van der Waals surface area contributed by atoms with E-state index in [0.29, 0.717) is 23.7 Å². The van der Waals surface area contributed by atoms with Gasteiger partial charge in [0.1, 0.15) is 13.2 Å². The minimum Gasteiger partial charge on any atom is -0.493 e. The Kier molecular flexibility index (Phi) is 4.82. The van der Waals surface area contributed by atoms with Crippen LogP contribution < -0.4 is 14.2 Å². The predicted octanol–water partition coefficient (Wildman–Crippen LogP) is 3.60. The standard InChI is InChI=1S/C16H17FO3/c1-12-6-5-9-15(16(12)17)20-11-10-19-14-8-4-3-7-13(14)18-2/h3-9H,10-11H2,1-2H3. The van der Waals surface area contributed by atoms with Gasteiger partial charge in [0, 0.05) is 0 Å². The van der Waals surface area contributed by atoms with Crippen molar-refractivity contribution in [1.82, 2.24) is 0 Å². The van der Waals surface area contributed by atoms with E-state index in [2.05, 4.69) is 0 Å². The third kappa shape index (κ3) is 3.41. The normalized spacial score (nSPS) is 10.2. The molecule has 0 aliphatic heterocycles. The topological polar surface area (TPSA) is 27.7 Å². The zero-order valence-electron chi connectivity index (χ0n) is 11.6. The maximum atomic E-state index is 13.7. The molecule has 3 nitrogen and oxygen atoms in total. The first kappa shape index (κ1) is 14.2. The molecule has 4 heteroatoms. The summed E-state index contributed by atoms with van der Waals surface area (Å²) >= 11 is 0. The van der Waals surface area contributed by atoms with Crippen molar-refractivity contribution in [3.8, 4) is 17.2 Å². The smallest absolute Gasteiger partial charge is 0.167 e. The minimum atomic E-state index is -0.329. The van der Waals surface area contributed by atoms with Crippen LogP contribution in [0, 0.1) is 12.7 Å². The predicted molar refractivity (Wildman–Crippen MR) is 75.1 cm³/mol. The molecule has 0 radical (unpaired) electrons. The Hall–Kier alpha value is -2.23. The van der Waals surface area contributed by atoms with Gasteiger partial charge in [-0.15, -0.1) is 0 Å².